The summed E-state index contributed by atoms with van der Waals surface area (Å²) in [5.41, 5.74) is 2.43. The summed E-state index contributed by atoms with van der Waals surface area (Å²) in [4.78, 5) is 12.5. The fourth-order valence-electron chi connectivity index (χ4n) is 3.43. The number of hydrogen-bond acceptors (Lipinski definition) is 1. The van der Waals surface area contributed by atoms with Gasteiger partial charge in [0.2, 0.25) is 5.91 Å². The zero-order chi connectivity index (χ0) is 16.5. The lowest BCUT2D eigenvalue weighted by Gasteiger charge is -2.15. The summed E-state index contributed by atoms with van der Waals surface area (Å²) in [7, 11) is 0. The number of carbonyl (C=O) groups excluding carboxylic acids is 1. The highest BCUT2D eigenvalue weighted by Gasteiger charge is 2.44. The molecule has 3 aromatic rings. The molecule has 4 rings (SSSR count). The number of fused-ring (bicyclic) bond motifs is 1. The van der Waals surface area contributed by atoms with Crippen LogP contribution in [0.25, 0.3) is 10.8 Å². The van der Waals surface area contributed by atoms with Crippen LogP contribution in [0.2, 0.25) is 0 Å². The van der Waals surface area contributed by atoms with Gasteiger partial charge in [0.25, 0.3) is 0 Å². The maximum Gasteiger partial charge on any atom is 0.224 e. The van der Waals surface area contributed by atoms with Crippen LogP contribution in [-0.2, 0) is 4.79 Å². The third-order valence-corrected chi connectivity index (χ3v) is 4.99. The Labute approximate surface area is 142 Å². The smallest absolute Gasteiger partial charge is 0.224 e. The maximum absolute atomic E-state index is 12.5. The van der Waals surface area contributed by atoms with E-state index in [1.165, 1.54) is 16.3 Å². The van der Waals surface area contributed by atoms with Gasteiger partial charge in [0.15, 0.2) is 0 Å². The molecular weight excluding hydrogens is 294 g/mol. The number of hydrogen-bond donors (Lipinski definition) is 1. The van der Waals surface area contributed by atoms with Gasteiger partial charge in [-0.15, -0.1) is 0 Å². The van der Waals surface area contributed by atoms with Crippen molar-refractivity contribution < 1.29 is 4.79 Å². The van der Waals surface area contributed by atoms with Crippen molar-refractivity contribution in [3.63, 3.8) is 0 Å². The average Bonchev–Trinajstić information content (AvgIpc) is 3.43. The van der Waals surface area contributed by atoms with Crippen molar-refractivity contribution in [3.8, 4) is 0 Å². The van der Waals surface area contributed by atoms with E-state index in [0.717, 1.165) is 12.0 Å². The minimum atomic E-state index is 0.0270. The maximum atomic E-state index is 12.5. The Hall–Kier alpha value is -2.61. The fourth-order valence-corrected chi connectivity index (χ4v) is 3.43. The molecule has 0 aromatic heterocycles. The Morgan fingerprint density at radius 2 is 1.67 bits per heavy atom. The van der Waals surface area contributed by atoms with Gasteiger partial charge in [0.1, 0.15) is 0 Å². The molecule has 1 amide bonds. The van der Waals surface area contributed by atoms with Gasteiger partial charge in [-0.25, -0.2) is 0 Å². The summed E-state index contributed by atoms with van der Waals surface area (Å²) in [6.07, 6.45) is 0.959. The molecule has 0 heterocycles. The number of nitrogens with one attached hydrogen (secondary N) is 1. The van der Waals surface area contributed by atoms with Crippen LogP contribution in [0.1, 0.15) is 36.4 Å². The normalized spacial score (nSPS) is 20.5. The third kappa shape index (κ3) is 2.92. The van der Waals surface area contributed by atoms with Crippen molar-refractivity contribution in [1.82, 2.24) is 5.32 Å². The molecule has 2 nitrogen and oxygen atoms in total. The predicted octanol–water partition coefficient (Wildman–Crippen LogP) is 4.82. The zero-order valence-electron chi connectivity index (χ0n) is 13.8. The molecule has 1 aliphatic carbocycles. The van der Waals surface area contributed by atoms with Gasteiger partial charge < -0.3 is 5.32 Å². The molecule has 1 fully saturated rings. The summed E-state index contributed by atoms with van der Waals surface area (Å²) in [6.45, 7) is 2.06. The first kappa shape index (κ1) is 14.9. The minimum Gasteiger partial charge on any atom is -0.349 e. The van der Waals surface area contributed by atoms with E-state index in [0.29, 0.717) is 5.92 Å². The first-order valence-corrected chi connectivity index (χ1v) is 8.56. The number of benzene rings is 3. The van der Waals surface area contributed by atoms with Crippen LogP contribution in [0.15, 0.2) is 72.8 Å². The second-order valence-electron chi connectivity index (χ2n) is 6.70. The summed E-state index contributed by atoms with van der Waals surface area (Å²) in [5, 5.41) is 5.62. The standard InChI is InChI=1S/C22H21NO/c1-15(18-12-11-16-7-5-6-10-19(16)13-18)23-22(24)21-14-20(21)17-8-3-2-4-9-17/h2-13,15,20-21H,14H2,1H3,(H,23,24). The highest BCUT2D eigenvalue weighted by Crippen LogP contribution is 2.47. The number of rotatable bonds is 4. The Balaban J connectivity index is 1.44. The van der Waals surface area contributed by atoms with Crippen molar-refractivity contribution in [2.24, 2.45) is 5.92 Å². The molecule has 0 aliphatic heterocycles. The number of carbonyl (C=O) groups is 1. The van der Waals surface area contributed by atoms with E-state index in [1.54, 1.807) is 0 Å². The van der Waals surface area contributed by atoms with E-state index in [9.17, 15) is 4.79 Å². The highest BCUT2D eigenvalue weighted by atomic mass is 16.2. The highest BCUT2D eigenvalue weighted by molar-refractivity contribution is 5.85. The molecule has 3 aromatic carbocycles. The second-order valence-corrected chi connectivity index (χ2v) is 6.70. The molecule has 1 N–H and O–H groups in total. The Bertz CT molecular complexity index is 871. The number of amides is 1. The summed E-state index contributed by atoms with van der Waals surface area (Å²) < 4.78 is 0. The summed E-state index contributed by atoms with van der Waals surface area (Å²) in [5.74, 6) is 0.676. The van der Waals surface area contributed by atoms with Gasteiger partial charge in [-0.1, -0.05) is 66.7 Å². The van der Waals surface area contributed by atoms with Gasteiger partial charge >= 0.3 is 0 Å². The van der Waals surface area contributed by atoms with Crippen LogP contribution >= 0.6 is 0 Å². The lowest BCUT2D eigenvalue weighted by Crippen LogP contribution is -2.28. The van der Waals surface area contributed by atoms with Crippen LogP contribution in [0, 0.1) is 5.92 Å². The average molecular weight is 315 g/mol. The third-order valence-electron chi connectivity index (χ3n) is 4.99. The molecule has 0 spiro atoms. The fraction of sp³-hybridized carbons (Fsp3) is 0.227. The van der Waals surface area contributed by atoms with E-state index >= 15 is 0 Å². The molecule has 3 unspecified atom stereocenters. The molecule has 0 radical (unpaired) electrons. The lowest BCUT2D eigenvalue weighted by atomic mass is 10.0. The van der Waals surface area contributed by atoms with Crippen molar-refractivity contribution in [2.75, 3.05) is 0 Å². The molecule has 0 bridgehead atoms. The van der Waals surface area contributed by atoms with Gasteiger partial charge in [0.05, 0.1) is 6.04 Å². The summed E-state index contributed by atoms with van der Waals surface area (Å²) >= 11 is 0. The minimum absolute atomic E-state index is 0.0270. The predicted molar refractivity (Wildman–Crippen MR) is 97.8 cm³/mol. The quantitative estimate of drug-likeness (QED) is 0.734. The zero-order valence-corrected chi connectivity index (χ0v) is 13.8. The van der Waals surface area contributed by atoms with Crippen molar-refractivity contribution >= 4 is 16.7 Å². The van der Waals surface area contributed by atoms with Crippen LogP contribution < -0.4 is 5.32 Å². The Morgan fingerprint density at radius 3 is 2.46 bits per heavy atom. The van der Waals surface area contributed by atoms with Gasteiger partial charge in [0, 0.05) is 5.92 Å². The Morgan fingerprint density at radius 1 is 0.958 bits per heavy atom. The van der Waals surface area contributed by atoms with E-state index in [-0.39, 0.29) is 17.9 Å². The topological polar surface area (TPSA) is 29.1 Å². The molecule has 120 valence electrons. The molecule has 2 heteroatoms. The van der Waals surface area contributed by atoms with Crippen molar-refractivity contribution in [1.29, 1.82) is 0 Å². The second kappa shape index (κ2) is 6.12. The molecule has 0 saturated heterocycles. The van der Waals surface area contributed by atoms with Crippen LogP contribution in [0.3, 0.4) is 0 Å². The van der Waals surface area contributed by atoms with Crippen LogP contribution in [0.5, 0.6) is 0 Å². The van der Waals surface area contributed by atoms with E-state index in [4.69, 9.17) is 0 Å². The van der Waals surface area contributed by atoms with E-state index in [2.05, 4.69) is 54.7 Å². The SMILES string of the molecule is CC(NC(=O)C1CC1c1ccccc1)c1ccc2ccccc2c1. The first-order chi connectivity index (χ1) is 11.7. The summed E-state index contributed by atoms with van der Waals surface area (Å²) in [6, 6.07) is 25.1. The molecular formula is C22H21NO. The Kier molecular flexibility index (Phi) is 3.81. The van der Waals surface area contributed by atoms with E-state index < -0.39 is 0 Å². The lowest BCUT2D eigenvalue weighted by molar-refractivity contribution is -0.123. The monoisotopic (exact) mass is 315 g/mol. The van der Waals surface area contributed by atoms with Gasteiger partial charge in [-0.3, -0.25) is 4.79 Å². The van der Waals surface area contributed by atoms with E-state index in [1.807, 2.05) is 30.3 Å². The van der Waals surface area contributed by atoms with Crippen LogP contribution in [-0.4, -0.2) is 5.91 Å². The van der Waals surface area contributed by atoms with Gasteiger partial charge in [-0.05, 0) is 47.2 Å². The molecule has 24 heavy (non-hydrogen) atoms. The van der Waals surface area contributed by atoms with Crippen molar-refractivity contribution in [2.45, 2.75) is 25.3 Å². The molecule has 3 atom stereocenters. The van der Waals surface area contributed by atoms with Gasteiger partial charge in [-0.2, -0.15) is 0 Å². The van der Waals surface area contributed by atoms with Crippen molar-refractivity contribution in [3.05, 3.63) is 83.9 Å². The van der Waals surface area contributed by atoms with Crippen LogP contribution in [0.4, 0.5) is 0 Å². The molecule has 1 saturated carbocycles. The largest absolute Gasteiger partial charge is 0.349 e. The molecule has 1 aliphatic rings. The first-order valence-electron chi connectivity index (χ1n) is 8.56.